The molecule has 12 heavy (non-hydrogen) atoms. The highest BCUT2D eigenvalue weighted by molar-refractivity contribution is 5.88. The van der Waals surface area contributed by atoms with Gasteiger partial charge in [-0.3, -0.25) is 0 Å². The molecule has 0 aliphatic carbocycles. The van der Waals surface area contributed by atoms with Gasteiger partial charge in [-0.05, 0) is 0 Å². The topological polar surface area (TPSA) is 74.3 Å². The summed E-state index contributed by atoms with van der Waals surface area (Å²) >= 11 is 0. The molecule has 1 aliphatic rings. The number of hydrogen-bond acceptors (Lipinski definition) is 3. The van der Waals surface area contributed by atoms with Crippen LogP contribution in [0.4, 0.5) is 0 Å². The smallest absolute Gasteiger partial charge is 0.300 e. The van der Waals surface area contributed by atoms with E-state index in [0.717, 1.165) is 0 Å². The molecule has 0 amide bonds. The Morgan fingerprint density at radius 2 is 2.42 bits per heavy atom. The van der Waals surface area contributed by atoms with Crippen molar-refractivity contribution in [2.24, 2.45) is 10.1 Å². The Hall–Kier alpha value is -1.66. The zero-order chi connectivity index (χ0) is 9.14. The molecule has 0 aromatic heterocycles. The summed E-state index contributed by atoms with van der Waals surface area (Å²) in [6, 6.07) is 0. The van der Waals surface area contributed by atoms with Crippen LogP contribution in [0.5, 0.6) is 0 Å². The standard InChI is InChI=1S/C5H9N5O2/c1-8-3-6-5(7-10(11)12)9(2)4-8/h3H,4H2,1-2H3. The molecular weight excluding hydrogens is 162 g/mol. The van der Waals surface area contributed by atoms with Crippen LogP contribution < -0.4 is 0 Å². The highest BCUT2D eigenvalue weighted by Crippen LogP contribution is 1.97. The van der Waals surface area contributed by atoms with E-state index in [1.807, 2.05) is 7.05 Å². The maximum Gasteiger partial charge on any atom is 0.300 e. The lowest BCUT2D eigenvalue weighted by molar-refractivity contribution is -0.485. The zero-order valence-electron chi connectivity index (χ0n) is 6.84. The first-order valence-corrected chi connectivity index (χ1v) is 3.28. The summed E-state index contributed by atoms with van der Waals surface area (Å²) in [7, 11) is 3.51. The molecule has 0 atom stereocenters. The van der Waals surface area contributed by atoms with Crippen molar-refractivity contribution in [1.82, 2.24) is 9.80 Å². The fraction of sp³-hybridized carbons (Fsp3) is 0.600. The molecule has 0 radical (unpaired) electrons. The Labute approximate surface area is 69.1 Å². The average molecular weight is 171 g/mol. The molecule has 7 nitrogen and oxygen atoms in total. The van der Waals surface area contributed by atoms with Crippen molar-refractivity contribution in [2.45, 2.75) is 0 Å². The van der Waals surface area contributed by atoms with Crippen LogP contribution in [0, 0.1) is 10.1 Å². The number of hydrazone groups is 1. The third kappa shape index (κ3) is 1.91. The molecule has 0 N–H and O–H groups in total. The van der Waals surface area contributed by atoms with Crippen molar-refractivity contribution in [1.29, 1.82) is 0 Å². The second-order valence-corrected chi connectivity index (χ2v) is 2.48. The summed E-state index contributed by atoms with van der Waals surface area (Å²) in [6.45, 7) is 0.552. The first-order valence-electron chi connectivity index (χ1n) is 3.28. The Morgan fingerprint density at radius 1 is 1.75 bits per heavy atom. The van der Waals surface area contributed by atoms with E-state index >= 15 is 0 Å². The predicted octanol–water partition coefficient (Wildman–Crippen LogP) is -0.603. The molecule has 0 bridgehead atoms. The predicted molar refractivity (Wildman–Crippen MR) is 43.3 cm³/mol. The van der Waals surface area contributed by atoms with Crippen LogP contribution in [0.25, 0.3) is 0 Å². The van der Waals surface area contributed by atoms with Crippen LogP contribution >= 0.6 is 0 Å². The lowest BCUT2D eigenvalue weighted by atomic mass is 10.6. The second-order valence-electron chi connectivity index (χ2n) is 2.48. The van der Waals surface area contributed by atoms with Gasteiger partial charge in [0.15, 0.2) is 5.03 Å². The molecule has 66 valence electrons. The van der Waals surface area contributed by atoms with Crippen LogP contribution in [-0.2, 0) is 0 Å². The number of nitrogens with zero attached hydrogens (tertiary/aromatic N) is 5. The van der Waals surface area contributed by atoms with Crippen molar-refractivity contribution in [3.8, 4) is 0 Å². The Morgan fingerprint density at radius 3 is 2.92 bits per heavy atom. The van der Waals surface area contributed by atoms with Crippen molar-refractivity contribution < 1.29 is 5.03 Å². The average Bonchev–Trinajstić information content (AvgIpc) is 1.94. The zero-order valence-corrected chi connectivity index (χ0v) is 6.84. The minimum absolute atomic E-state index is 0.123. The van der Waals surface area contributed by atoms with Gasteiger partial charge in [-0.25, -0.2) is 10.1 Å². The number of aliphatic imine (C=N–C) groups is 1. The summed E-state index contributed by atoms with van der Waals surface area (Å²) < 4.78 is 0. The van der Waals surface area contributed by atoms with Gasteiger partial charge in [0.05, 0.1) is 13.0 Å². The van der Waals surface area contributed by atoms with Crippen molar-refractivity contribution in [3.05, 3.63) is 10.1 Å². The quantitative estimate of drug-likeness (QED) is 0.390. The minimum Gasteiger partial charge on any atom is -0.348 e. The van der Waals surface area contributed by atoms with E-state index < -0.39 is 5.03 Å². The fourth-order valence-electron chi connectivity index (χ4n) is 0.858. The lowest BCUT2D eigenvalue weighted by Gasteiger charge is -2.25. The molecule has 0 spiro atoms. The van der Waals surface area contributed by atoms with Gasteiger partial charge >= 0.3 is 0 Å². The normalized spacial score (nSPS) is 20.3. The molecule has 0 fully saturated rings. The first-order chi connectivity index (χ1) is 5.59. The fourth-order valence-corrected chi connectivity index (χ4v) is 0.858. The molecule has 1 heterocycles. The lowest BCUT2D eigenvalue weighted by Crippen LogP contribution is -2.40. The van der Waals surface area contributed by atoms with Gasteiger partial charge in [0, 0.05) is 14.1 Å². The van der Waals surface area contributed by atoms with Crippen molar-refractivity contribution in [3.63, 3.8) is 0 Å². The van der Waals surface area contributed by atoms with Crippen molar-refractivity contribution >= 4 is 12.3 Å². The first kappa shape index (κ1) is 8.44. The van der Waals surface area contributed by atoms with Gasteiger partial charge < -0.3 is 9.80 Å². The van der Waals surface area contributed by atoms with Gasteiger partial charge in [-0.15, -0.1) is 0 Å². The largest absolute Gasteiger partial charge is 0.348 e. The monoisotopic (exact) mass is 171 g/mol. The van der Waals surface area contributed by atoms with Gasteiger partial charge in [-0.2, -0.15) is 4.99 Å². The number of guanidine groups is 1. The molecule has 1 aliphatic heterocycles. The molecular formula is C5H9N5O2. The van der Waals surface area contributed by atoms with Crippen LogP contribution in [0.1, 0.15) is 0 Å². The summed E-state index contributed by atoms with van der Waals surface area (Å²) in [5, 5.41) is 12.3. The van der Waals surface area contributed by atoms with E-state index in [2.05, 4.69) is 10.1 Å². The Kier molecular flexibility index (Phi) is 2.22. The molecule has 0 saturated heterocycles. The number of nitro groups is 1. The third-order valence-electron chi connectivity index (χ3n) is 1.32. The van der Waals surface area contributed by atoms with E-state index in [-0.39, 0.29) is 5.96 Å². The summed E-state index contributed by atoms with van der Waals surface area (Å²) in [4.78, 5) is 17.1. The molecule has 0 unspecified atom stereocenters. The summed E-state index contributed by atoms with van der Waals surface area (Å²) in [6.07, 6.45) is 1.50. The Balaban J connectivity index is 2.79. The third-order valence-corrected chi connectivity index (χ3v) is 1.32. The number of rotatable bonds is 1. The Bertz CT molecular complexity index is 248. The summed E-state index contributed by atoms with van der Waals surface area (Å²) in [5.74, 6) is 0.123. The molecule has 0 saturated carbocycles. The molecule has 0 aromatic carbocycles. The van der Waals surface area contributed by atoms with E-state index in [9.17, 15) is 10.1 Å². The van der Waals surface area contributed by atoms with Gasteiger partial charge in [0.1, 0.15) is 5.10 Å². The molecule has 1 rings (SSSR count). The van der Waals surface area contributed by atoms with Gasteiger partial charge in [0.2, 0.25) is 0 Å². The second kappa shape index (κ2) is 3.16. The maximum atomic E-state index is 10.00. The van der Waals surface area contributed by atoms with E-state index in [0.29, 0.717) is 6.67 Å². The highest BCUT2D eigenvalue weighted by Gasteiger charge is 2.14. The molecule has 7 heteroatoms. The number of hydrogen-bond donors (Lipinski definition) is 0. The SMILES string of the molecule is CN1C=NC(=N[N+](=O)[O-])N(C)C1. The van der Waals surface area contributed by atoms with Crippen LogP contribution in [0.3, 0.4) is 0 Å². The van der Waals surface area contributed by atoms with Crippen LogP contribution in [-0.4, -0.2) is 47.9 Å². The van der Waals surface area contributed by atoms with Crippen LogP contribution in [0.2, 0.25) is 0 Å². The van der Waals surface area contributed by atoms with Gasteiger partial charge in [-0.1, -0.05) is 0 Å². The van der Waals surface area contributed by atoms with E-state index in [1.54, 1.807) is 16.8 Å². The van der Waals surface area contributed by atoms with Crippen molar-refractivity contribution in [2.75, 3.05) is 20.8 Å². The van der Waals surface area contributed by atoms with Crippen LogP contribution in [0.15, 0.2) is 10.1 Å². The molecule has 0 aromatic rings. The van der Waals surface area contributed by atoms with E-state index in [4.69, 9.17) is 0 Å². The maximum absolute atomic E-state index is 10.00. The highest BCUT2D eigenvalue weighted by atomic mass is 16.7. The van der Waals surface area contributed by atoms with Gasteiger partial charge in [0.25, 0.3) is 5.96 Å². The minimum atomic E-state index is -0.755. The van der Waals surface area contributed by atoms with E-state index in [1.165, 1.54) is 6.34 Å². The summed E-state index contributed by atoms with van der Waals surface area (Å²) in [5.41, 5.74) is 0.